The molecule has 6 nitrogen and oxygen atoms in total. The number of benzene rings is 1. The average molecular weight is 386 g/mol. The molecule has 1 aromatic heterocycles. The molecule has 0 saturated carbocycles. The zero-order valence-corrected chi connectivity index (χ0v) is 14.3. The van der Waals surface area contributed by atoms with Crippen molar-refractivity contribution in [3.05, 3.63) is 36.0 Å². The fourth-order valence-electron chi connectivity index (χ4n) is 2.74. The standard InChI is InChI=1S/C16H14FN4O2.CH2.Co/c17-10-5-11(6-18)21(9-10)15(22)8-20-16(23)13-7-19-14-4-2-1-3-12(13)14;;/h1,3-4,7,10-11,19H,5,8-9H2,(H,20,23);1H2;/q-1;;/t10?,11-;;/m0../s1. The summed E-state index contributed by atoms with van der Waals surface area (Å²) in [5.74, 6) is -0.862. The molecule has 1 unspecified atom stereocenters. The van der Waals surface area contributed by atoms with Crippen LogP contribution in [0.5, 0.6) is 0 Å². The maximum absolute atomic E-state index is 13.3. The molecule has 2 N–H and O–H groups in total. The molecule has 0 aliphatic carbocycles. The van der Waals surface area contributed by atoms with Crippen LogP contribution in [-0.2, 0) is 20.1 Å². The van der Waals surface area contributed by atoms with Crippen LogP contribution in [0.4, 0.5) is 4.39 Å². The Morgan fingerprint density at radius 2 is 2.32 bits per heavy atom. The van der Waals surface area contributed by atoms with E-state index in [2.05, 4.69) is 37.1 Å². The Balaban J connectivity index is 0.00000109. The van der Waals surface area contributed by atoms with Gasteiger partial charge in [0, 0.05) is 18.2 Å². The van der Waals surface area contributed by atoms with Crippen molar-refractivity contribution >= 4 is 28.2 Å². The van der Waals surface area contributed by atoms with Crippen molar-refractivity contribution in [3.8, 4) is 6.07 Å². The SMILES string of the molecule is N#C[C@@H]1CC(F)CN1C(=O)CNC(=O)c1c[nH]c2c[c-]ccc12.[CH2]=[Co]. The van der Waals surface area contributed by atoms with Crippen LogP contribution in [0.15, 0.2) is 24.4 Å². The van der Waals surface area contributed by atoms with Crippen LogP contribution in [-0.4, -0.2) is 52.5 Å². The fourth-order valence-corrected chi connectivity index (χ4v) is 2.74. The number of alkyl halides is 1. The Morgan fingerprint density at radius 3 is 3.04 bits per heavy atom. The molecule has 8 heteroatoms. The van der Waals surface area contributed by atoms with Crippen molar-refractivity contribution in [2.75, 3.05) is 13.1 Å². The molecule has 133 valence electrons. The molecule has 0 radical (unpaired) electrons. The molecule has 25 heavy (non-hydrogen) atoms. The molecule has 1 fully saturated rings. The van der Waals surface area contributed by atoms with Gasteiger partial charge in [-0.25, -0.2) is 4.39 Å². The number of amides is 2. The van der Waals surface area contributed by atoms with E-state index in [0.717, 1.165) is 10.9 Å². The van der Waals surface area contributed by atoms with Gasteiger partial charge in [0.2, 0.25) is 5.91 Å². The third-order valence-corrected chi connectivity index (χ3v) is 3.89. The number of carbonyl (C=O) groups excluding carboxylic acids is 2. The summed E-state index contributed by atoms with van der Waals surface area (Å²) in [6, 6.07) is 9.21. The summed E-state index contributed by atoms with van der Waals surface area (Å²) in [4.78, 5) is 28.4. The number of aromatic nitrogens is 1. The molecule has 3 rings (SSSR count). The van der Waals surface area contributed by atoms with Gasteiger partial charge in [0.05, 0.1) is 19.2 Å². The number of nitrogens with one attached hydrogen (secondary N) is 2. The van der Waals surface area contributed by atoms with Crippen LogP contribution in [0.3, 0.4) is 0 Å². The zero-order chi connectivity index (χ0) is 18.4. The molecule has 2 atom stereocenters. The first-order valence-electron chi connectivity index (χ1n) is 7.42. The first-order chi connectivity index (χ1) is 12.1. The van der Waals surface area contributed by atoms with Crippen molar-refractivity contribution in [3.63, 3.8) is 0 Å². The summed E-state index contributed by atoms with van der Waals surface area (Å²) >= 11 is 3.31. The molecular formula is C17H16CoFN4O2-. The quantitative estimate of drug-likeness (QED) is 0.775. The molecule has 2 aromatic rings. The van der Waals surface area contributed by atoms with Crippen molar-refractivity contribution in [2.24, 2.45) is 0 Å². The number of hydrogen-bond acceptors (Lipinski definition) is 3. The molecule has 1 aliphatic rings. The number of carbonyl (C=O) groups is 2. The first-order valence-corrected chi connectivity index (χ1v) is 8.16. The van der Waals surface area contributed by atoms with E-state index in [1.165, 1.54) is 4.90 Å². The van der Waals surface area contributed by atoms with Gasteiger partial charge < -0.3 is 15.2 Å². The second-order valence-electron chi connectivity index (χ2n) is 5.38. The molecule has 0 spiro atoms. The third-order valence-electron chi connectivity index (χ3n) is 3.89. The van der Waals surface area contributed by atoms with E-state index in [1.807, 2.05) is 6.07 Å². The Morgan fingerprint density at radius 1 is 1.56 bits per heavy atom. The van der Waals surface area contributed by atoms with E-state index in [1.54, 1.807) is 24.4 Å². The average Bonchev–Trinajstić information content (AvgIpc) is 3.24. The minimum atomic E-state index is -1.19. The minimum absolute atomic E-state index is 0.0230. The maximum atomic E-state index is 13.3. The molecular weight excluding hydrogens is 370 g/mol. The van der Waals surface area contributed by atoms with E-state index >= 15 is 0 Å². The summed E-state index contributed by atoms with van der Waals surface area (Å²) < 4.78 is 13.3. The predicted molar refractivity (Wildman–Crippen MR) is 87.2 cm³/mol. The van der Waals surface area contributed by atoms with E-state index in [0.29, 0.717) is 5.56 Å². The predicted octanol–water partition coefficient (Wildman–Crippen LogP) is 1.13. The summed E-state index contributed by atoms with van der Waals surface area (Å²) in [7, 11) is 0. The number of halogens is 1. The topological polar surface area (TPSA) is 89.0 Å². The Bertz CT molecular complexity index is 816. The van der Waals surface area contributed by atoms with Crippen LogP contribution >= 0.6 is 0 Å². The van der Waals surface area contributed by atoms with Gasteiger partial charge in [-0.15, -0.1) is 0 Å². The van der Waals surface area contributed by atoms with Gasteiger partial charge >= 0.3 is 20.8 Å². The van der Waals surface area contributed by atoms with Crippen LogP contribution in [0.2, 0.25) is 0 Å². The van der Waals surface area contributed by atoms with Crippen molar-refractivity contribution < 1.29 is 29.3 Å². The molecule has 1 aliphatic heterocycles. The van der Waals surface area contributed by atoms with Gasteiger partial charge in [0.25, 0.3) is 5.91 Å². The summed E-state index contributed by atoms with van der Waals surface area (Å²) in [5, 5.41) is 12.2. The number of rotatable bonds is 3. The summed E-state index contributed by atoms with van der Waals surface area (Å²) in [5.41, 5.74) is 4.13. The van der Waals surface area contributed by atoms with Gasteiger partial charge in [0.1, 0.15) is 12.2 Å². The molecule has 0 bridgehead atoms. The number of nitrogens with zero attached hydrogens (tertiary/aromatic N) is 2. The van der Waals surface area contributed by atoms with Crippen molar-refractivity contribution in [1.29, 1.82) is 5.26 Å². The van der Waals surface area contributed by atoms with Crippen molar-refractivity contribution in [2.45, 2.75) is 18.6 Å². The van der Waals surface area contributed by atoms with Crippen LogP contribution < -0.4 is 5.32 Å². The number of hydrogen-bond donors (Lipinski definition) is 2. The first kappa shape index (κ1) is 18.8. The zero-order valence-electron chi connectivity index (χ0n) is 13.2. The Labute approximate surface area is 152 Å². The summed E-state index contributed by atoms with van der Waals surface area (Å²) in [6.45, 7) is -0.370. The fraction of sp³-hybridized carbons (Fsp3) is 0.294. The van der Waals surface area contributed by atoms with Crippen LogP contribution in [0.1, 0.15) is 16.8 Å². The van der Waals surface area contributed by atoms with Crippen LogP contribution in [0, 0.1) is 17.4 Å². The van der Waals surface area contributed by atoms with Crippen LogP contribution in [0.25, 0.3) is 10.9 Å². The number of likely N-dealkylation sites (tertiary alicyclic amines) is 1. The molecule has 1 saturated heterocycles. The van der Waals surface area contributed by atoms with E-state index in [4.69, 9.17) is 5.26 Å². The van der Waals surface area contributed by atoms with Gasteiger partial charge in [-0.1, -0.05) is 10.9 Å². The number of fused-ring (bicyclic) bond motifs is 1. The van der Waals surface area contributed by atoms with Gasteiger partial charge in [-0.3, -0.25) is 9.59 Å². The Kier molecular flexibility index (Phi) is 6.44. The third kappa shape index (κ3) is 4.13. The van der Waals surface area contributed by atoms with E-state index < -0.39 is 24.0 Å². The van der Waals surface area contributed by atoms with Gasteiger partial charge in [0.15, 0.2) is 0 Å². The van der Waals surface area contributed by atoms with E-state index in [9.17, 15) is 14.0 Å². The van der Waals surface area contributed by atoms with Gasteiger partial charge in [-0.05, 0) is 0 Å². The second-order valence-corrected chi connectivity index (χ2v) is 5.38. The monoisotopic (exact) mass is 386 g/mol. The normalized spacial score (nSPS) is 19.0. The van der Waals surface area contributed by atoms with Crippen molar-refractivity contribution in [1.82, 2.24) is 15.2 Å². The number of H-pyrrole nitrogens is 1. The second kappa shape index (κ2) is 8.55. The Hall–Kier alpha value is -2.50. The molecule has 1 aromatic carbocycles. The molecule has 2 heterocycles. The summed E-state index contributed by atoms with van der Waals surface area (Å²) in [6.07, 6.45) is 0.392. The van der Waals surface area contributed by atoms with Gasteiger partial charge in [-0.2, -0.15) is 29.5 Å². The van der Waals surface area contributed by atoms with E-state index in [-0.39, 0.29) is 19.5 Å². The number of nitriles is 1. The molecule has 2 amide bonds. The number of aromatic amines is 1.